The quantitative estimate of drug-likeness (QED) is 0.539. The van der Waals surface area contributed by atoms with Crippen LogP contribution in [0.15, 0.2) is 65.8 Å². The molecule has 0 atom stereocenters. The molecule has 7 nitrogen and oxygen atoms in total. The average Bonchev–Trinajstić information content (AvgIpc) is 3.14. The fraction of sp³-hybridized carbons (Fsp3) is 0.217. The molecule has 0 aliphatic heterocycles. The summed E-state index contributed by atoms with van der Waals surface area (Å²) in [7, 11) is 0. The fourth-order valence-corrected chi connectivity index (χ4v) is 3.54. The second-order valence-electron chi connectivity index (χ2n) is 7.40. The van der Waals surface area contributed by atoms with Crippen molar-refractivity contribution in [1.29, 1.82) is 0 Å². The van der Waals surface area contributed by atoms with Crippen molar-refractivity contribution in [1.82, 2.24) is 24.6 Å². The predicted octanol–water partition coefficient (Wildman–Crippen LogP) is 2.69. The van der Waals surface area contributed by atoms with Crippen molar-refractivity contribution in [2.75, 3.05) is 6.54 Å². The highest BCUT2D eigenvalue weighted by Crippen LogP contribution is 2.09. The van der Waals surface area contributed by atoms with E-state index < -0.39 is 0 Å². The summed E-state index contributed by atoms with van der Waals surface area (Å²) in [6.45, 7) is 5.21. The summed E-state index contributed by atoms with van der Waals surface area (Å²) in [5.41, 5.74) is 4.16. The van der Waals surface area contributed by atoms with Gasteiger partial charge < -0.3 is 5.32 Å². The first-order valence-corrected chi connectivity index (χ1v) is 9.82. The van der Waals surface area contributed by atoms with Crippen molar-refractivity contribution < 1.29 is 4.79 Å². The summed E-state index contributed by atoms with van der Waals surface area (Å²) in [4.78, 5) is 29.6. The van der Waals surface area contributed by atoms with Crippen LogP contribution in [0.2, 0.25) is 0 Å². The molecule has 0 saturated carbocycles. The number of hydrogen-bond donors (Lipinski definition) is 1. The van der Waals surface area contributed by atoms with Crippen LogP contribution < -0.4 is 10.9 Å². The molecule has 2 aromatic heterocycles. The van der Waals surface area contributed by atoms with E-state index in [1.807, 2.05) is 62.4 Å². The summed E-state index contributed by atoms with van der Waals surface area (Å²) in [6, 6.07) is 15.5. The second-order valence-corrected chi connectivity index (χ2v) is 7.40. The largest absolute Gasteiger partial charge is 0.350 e. The molecule has 0 aliphatic rings. The van der Waals surface area contributed by atoms with Crippen LogP contribution in [0, 0.1) is 13.8 Å². The number of carbonyl (C=O) groups excluding carboxylic acids is 1. The van der Waals surface area contributed by atoms with E-state index in [9.17, 15) is 9.59 Å². The molecule has 4 rings (SSSR count). The molecule has 0 spiro atoms. The number of fused-ring (bicyclic) bond motifs is 1. The fourth-order valence-electron chi connectivity index (χ4n) is 3.54. The van der Waals surface area contributed by atoms with Crippen molar-refractivity contribution >= 4 is 16.9 Å². The number of carbonyl (C=O) groups is 1. The third kappa shape index (κ3) is 4.15. The number of amides is 1. The number of aromatic nitrogens is 4. The molecular weight excluding hydrogens is 378 g/mol. The van der Waals surface area contributed by atoms with E-state index in [1.165, 1.54) is 6.20 Å². The Kier molecular flexibility index (Phi) is 5.43. The Morgan fingerprint density at radius 3 is 2.53 bits per heavy atom. The van der Waals surface area contributed by atoms with Gasteiger partial charge in [0.1, 0.15) is 11.7 Å². The van der Waals surface area contributed by atoms with E-state index in [1.54, 1.807) is 15.6 Å². The van der Waals surface area contributed by atoms with Gasteiger partial charge in [0.25, 0.3) is 11.5 Å². The molecule has 152 valence electrons. The maximum Gasteiger partial charge on any atom is 0.264 e. The first-order valence-electron chi connectivity index (χ1n) is 9.82. The maximum atomic E-state index is 12.8. The van der Waals surface area contributed by atoms with Crippen molar-refractivity contribution in [2.24, 2.45) is 0 Å². The van der Waals surface area contributed by atoms with Crippen molar-refractivity contribution in [3.8, 4) is 0 Å². The monoisotopic (exact) mass is 401 g/mol. The Balaban J connectivity index is 1.45. The highest BCUT2D eigenvalue weighted by Gasteiger charge is 2.11. The normalized spacial score (nSPS) is 11.0. The number of benzene rings is 2. The molecule has 30 heavy (non-hydrogen) atoms. The van der Waals surface area contributed by atoms with Crippen LogP contribution in [-0.2, 0) is 13.1 Å². The lowest BCUT2D eigenvalue weighted by Gasteiger charge is -2.08. The van der Waals surface area contributed by atoms with Gasteiger partial charge in [-0.2, -0.15) is 5.10 Å². The minimum atomic E-state index is -0.130. The summed E-state index contributed by atoms with van der Waals surface area (Å²) < 4.78 is 3.22. The zero-order valence-corrected chi connectivity index (χ0v) is 17.0. The molecule has 4 aromatic rings. The molecule has 0 unspecified atom stereocenters. The summed E-state index contributed by atoms with van der Waals surface area (Å²) in [5.74, 6) is -0.128. The zero-order valence-electron chi connectivity index (χ0n) is 17.0. The number of hydrogen-bond acceptors (Lipinski definition) is 4. The van der Waals surface area contributed by atoms with Crippen LogP contribution in [0.3, 0.4) is 0 Å². The minimum absolute atomic E-state index is 0.128. The standard InChI is InChI=1S/C23H23N5O2/c1-16-10-17(2)12-19(11-16)22(29)24-8-9-28-21-20(13-26-28)23(30)27(15-25-21)14-18-6-4-3-5-7-18/h3-7,10-13,15H,8-9,14H2,1-2H3,(H,24,29). The molecular formula is C23H23N5O2. The number of rotatable bonds is 6. The number of aryl methyl sites for hydroxylation is 2. The average molecular weight is 401 g/mol. The molecule has 1 N–H and O–H groups in total. The molecule has 0 radical (unpaired) electrons. The van der Waals surface area contributed by atoms with E-state index >= 15 is 0 Å². The summed E-state index contributed by atoms with van der Waals surface area (Å²) in [6.07, 6.45) is 3.09. The Morgan fingerprint density at radius 2 is 1.80 bits per heavy atom. The maximum absolute atomic E-state index is 12.8. The predicted molar refractivity (Wildman–Crippen MR) is 116 cm³/mol. The van der Waals surface area contributed by atoms with Crippen molar-refractivity contribution in [3.63, 3.8) is 0 Å². The van der Waals surface area contributed by atoms with Crippen LogP contribution in [0.4, 0.5) is 0 Å². The van der Waals surface area contributed by atoms with Gasteiger partial charge in [-0.3, -0.25) is 14.2 Å². The second kappa shape index (κ2) is 8.32. The number of nitrogens with zero attached hydrogens (tertiary/aromatic N) is 4. The van der Waals surface area contributed by atoms with E-state index in [0.29, 0.717) is 36.2 Å². The van der Waals surface area contributed by atoms with E-state index in [4.69, 9.17) is 0 Å². The molecule has 2 heterocycles. The highest BCUT2D eigenvalue weighted by molar-refractivity contribution is 5.94. The van der Waals surface area contributed by atoms with Crippen molar-refractivity contribution in [3.05, 3.63) is 93.7 Å². The Hall–Kier alpha value is -3.74. The van der Waals surface area contributed by atoms with Gasteiger partial charge in [-0.1, -0.05) is 47.5 Å². The van der Waals surface area contributed by atoms with Gasteiger partial charge in [0.2, 0.25) is 0 Å². The molecule has 0 aliphatic carbocycles. The van der Waals surface area contributed by atoms with E-state index in [0.717, 1.165) is 16.7 Å². The number of nitrogens with one attached hydrogen (secondary N) is 1. The lowest BCUT2D eigenvalue weighted by Crippen LogP contribution is -2.28. The van der Waals surface area contributed by atoms with Gasteiger partial charge in [-0.05, 0) is 31.5 Å². The first-order chi connectivity index (χ1) is 14.5. The Morgan fingerprint density at radius 1 is 1.07 bits per heavy atom. The molecule has 7 heteroatoms. The van der Waals surface area contributed by atoms with Gasteiger partial charge in [-0.25, -0.2) is 9.67 Å². The van der Waals surface area contributed by atoms with Crippen LogP contribution in [0.1, 0.15) is 27.0 Å². The van der Waals surface area contributed by atoms with Crippen molar-refractivity contribution in [2.45, 2.75) is 26.9 Å². The van der Waals surface area contributed by atoms with Gasteiger partial charge in [-0.15, -0.1) is 0 Å². The SMILES string of the molecule is Cc1cc(C)cc(C(=O)NCCn2ncc3c(=O)n(Cc4ccccc4)cnc32)c1. The molecule has 0 bridgehead atoms. The van der Waals surface area contributed by atoms with Gasteiger partial charge in [0, 0.05) is 12.1 Å². The zero-order chi connectivity index (χ0) is 21.1. The lowest BCUT2D eigenvalue weighted by atomic mass is 10.1. The van der Waals surface area contributed by atoms with Crippen LogP contribution in [0.25, 0.3) is 11.0 Å². The summed E-state index contributed by atoms with van der Waals surface area (Å²) in [5, 5.41) is 7.66. The smallest absolute Gasteiger partial charge is 0.264 e. The third-order valence-electron chi connectivity index (χ3n) is 4.91. The molecule has 1 amide bonds. The Bertz CT molecular complexity index is 1240. The van der Waals surface area contributed by atoms with E-state index in [2.05, 4.69) is 15.4 Å². The van der Waals surface area contributed by atoms with Crippen LogP contribution in [-0.4, -0.2) is 31.8 Å². The third-order valence-corrected chi connectivity index (χ3v) is 4.91. The highest BCUT2D eigenvalue weighted by atomic mass is 16.1. The Labute approximate surface area is 174 Å². The van der Waals surface area contributed by atoms with E-state index in [-0.39, 0.29) is 11.5 Å². The summed E-state index contributed by atoms with van der Waals surface area (Å²) >= 11 is 0. The topological polar surface area (TPSA) is 81.8 Å². The first kappa shape index (κ1) is 19.6. The molecule has 0 saturated heterocycles. The van der Waals surface area contributed by atoms with Gasteiger partial charge in [0.15, 0.2) is 5.65 Å². The molecule has 2 aromatic carbocycles. The molecule has 0 fully saturated rings. The van der Waals surface area contributed by atoms with Crippen LogP contribution >= 0.6 is 0 Å². The van der Waals surface area contributed by atoms with Gasteiger partial charge >= 0.3 is 0 Å². The van der Waals surface area contributed by atoms with Gasteiger partial charge in [0.05, 0.1) is 19.3 Å². The minimum Gasteiger partial charge on any atom is -0.350 e. The lowest BCUT2D eigenvalue weighted by molar-refractivity contribution is 0.0952. The van der Waals surface area contributed by atoms with Crippen LogP contribution in [0.5, 0.6) is 0 Å².